The number of fused-ring (bicyclic) bond motifs is 1. The van der Waals surface area contributed by atoms with Crippen molar-refractivity contribution < 1.29 is 14.6 Å². The highest BCUT2D eigenvalue weighted by Gasteiger charge is 2.44. The first-order valence-corrected chi connectivity index (χ1v) is 6.56. The summed E-state index contributed by atoms with van der Waals surface area (Å²) in [7, 11) is 1.69. The number of methoxy groups -OCH3 is 1. The molecule has 0 unspecified atom stereocenters. The van der Waals surface area contributed by atoms with Crippen molar-refractivity contribution >= 4 is 0 Å². The predicted molar refractivity (Wildman–Crippen MR) is 73.6 cm³/mol. The third-order valence-corrected chi connectivity index (χ3v) is 4.12. The molecule has 4 rings (SSSR count). The summed E-state index contributed by atoms with van der Waals surface area (Å²) in [5.74, 6) is 1.42. The van der Waals surface area contributed by atoms with Gasteiger partial charge in [-0.1, -0.05) is 24.8 Å². The SMILES string of the molecule is C=CCOc1ccc(O)c2c1[C@@H]1C=C[C@@]2(OC)CC1. The van der Waals surface area contributed by atoms with E-state index in [1.165, 1.54) is 0 Å². The van der Waals surface area contributed by atoms with Crippen LogP contribution in [0.15, 0.2) is 36.9 Å². The Kier molecular flexibility index (Phi) is 2.86. The second-order valence-electron chi connectivity index (χ2n) is 5.07. The summed E-state index contributed by atoms with van der Waals surface area (Å²) in [5, 5.41) is 10.2. The summed E-state index contributed by atoms with van der Waals surface area (Å²) in [6.45, 7) is 4.14. The predicted octanol–water partition coefficient (Wildman–Crippen LogP) is 3.25. The third-order valence-electron chi connectivity index (χ3n) is 4.12. The highest BCUT2D eigenvalue weighted by atomic mass is 16.5. The van der Waals surface area contributed by atoms with Crippen LogP contribution in [0.1, 0.15) is 29.9 Å². The van der Waals surface area contributed by atoms with Gasteiger partial charge in [-0.3, -0.25) is 0 Å². The van der Waals surface area contributed by atoms with Gasteiger partial charge in [0, 0.05) is 24.2 Å². The molecule has 0 saturated carbocycles. The Bertz CT molecular complexity index is 547. The number of hydrogen-bond acceptors (Lipinski definition) is 3. The standard InChI is InChI=1S/C16H18O3/c1-3-10-19-13-5-4-12(17)15-14(13)11-6-8-16(15,18-2)9-7-11/h3-6,8,11,17H,1,7,9-10H2,2H3/t11-,16-/m1/s1. The summed E-state index contributed by atoms with van der Waals surface area (Å²) in [4.78, 5) is 0. The van der Waals surface area contributed by atoms with Crippen molar-refractivity contribution in [3.8, 4) is 11.5 Å². The topological polar surface area (TPSA) is 38.7 Å². The molecule has 3 nitrogen and oxygen atoms in total. The average Bonchev–Trinajstić information content (AvgIpc) is 2.47. The third kappa shape index (κ3) is 1.69. The number of phenolic OH excluding ortho intramolecular Hbond substituents is 1. The van der Waals surface area contributed by atoms with Crippen LogP contribution in [0.4, 0.5) is 0 Å². The van der Waals surface area contributed by atoms with E-state index in [9.17, 15) is 5.11 Å². The zero-order valence-corrected chi connectivity index (χ0v) is 11.1. The lowest BCUT2D eigenvalue weighted by atomic mass is 9.68. The van der Waals surface area contributed by atoms with E-state index >= 15 is 0 Å². The molecule has 0 aromatic heterocycles. The fourth-order valence-corrected chi connectivity index (χ4v) is 3.22. The number of phenols is 1. The summed E-state index contributed by atoms with van der Waals surface area (Å²) < 4.78 is 11.4. The van der Waals surface area contributed by atoms with Crippen LogP contribution in [-0.2, 0) is 10.3 Å². The van der Waals surface area contributed by atoms with Gasteiger partial charge in [-0.2, -0.15) is 0 Å². The highest BCUT2D eigenvalue weighted by molar-refractivity contribution is 5.59. The number of aromatic hydroxyl groups is 1. The van der Waals surface area contributed by atoms with Crippen molar-refractivity contribution in [1.29, 1.82) is 0 Å². The van der Waals surface area contributed by atoms with Crippen LogP contribution in [0.2, 0.25) is 0 Å². The van der Waals surface area contributed by atoms with E-state index < -0.39 is 5.60 Å². The Labute approximate surface area is 113 Å². The Morgan fingerprint density at radius 3 is 3.00 bits per heavy atom. The number of hydrogen-bond donors (Lipinski definition) is 1. The van der Waals surface area contributed by atoms with Gasteiger partial charge in [0.25, 0.3) is 0 Å². The minimum atomic E-state index is -0.498. The van der Waals surface area contributed by atoms with Gasteiger partial charge in [-0.05, 0) is 25.0 Å². The molecule has 0 aliphatic heterocycles. The number of ether oxygens (including phenoxy) is 2. The Morgan fingerprint density at radius 1 is 1.53 bits per heavy atom. The molecule has 3 aliphatic rings. The Hall–Kier alpha value is -1.74. The van der Waals surface area contributed by atoms with Crippen LogP contribution in [0.3, 0.4) is 0 Å². The van der Waals surface area contributed by atoms with E-state index in [4.69, 9.17) is 9.47 Å². The first-order valence-electron chi connectivity index (χ1n) is 6.56. The van der Waals surface area contributed by atoms with Crippen LogP contribution >= 0.6 is 0 Å². The normalized spacial score (nSPS) is 27.1. The first-order chi connectivity index (χ1) is 9.22. The maximum Gasteiger partial charge on any atom is 0.124 e. The molecule has 100 valence electrons. The van der Waals surface area contributed by atoms with Gasteiger partial charge in [-0.25, -0.2) is 0 Å². The summed E-state index contributed by atoms with van der Waals surface area (Å²) in [5.41, 5.74) is 1.44. The zero-order chi connectivity index (χ0) is 13.5. The summed E-state index contributed by atoms with van der Waals surface area (Å²) >= 11 is 0. The number of rotatable bonds is 4. The van der Waals surface area contributed by atoms with Gasteiger partial charge in [0.05, 0.1) is 0 Å². The van der Waals surface area contributed by atoms with E-state index in [1.807, 2.05) is 6.07 Å². The van der Waals surface area contributed by atoms with Crippen LogP contribution in [0.5, 0.6) is 11.5 Å². The number of allylic oxidation sites excluding steroid dienone is 1. The van der Waals surface area contributed by atoms with Crippen molar-refractivity contribution in [3.63, 3.8) is 0 Å². The van der Waals surface area contributed by atoms with E-state index in [-0.39, 0.29) is 5.75 Å². The second-order valence-corrected chi connectivity index (χ2v) is 5.07. The molecular weight excluding hydrogens is 240 g/mol. The van der Waals surface area contributed by atoms with E-state index in [2.05, 4.69) is 18.7 Å². The molecule has 0 heterocycles. The lowest BCUT2D eigenvalue weighted by molar-refractivity contribution is 0.00422. The fraction of sp³-hybridized carbons (Fsp3) is 0.375. The van der Waals surface area contributed by atoms with Crippen molar-refractivity contribution in [1.82, 2.24) is 0 Å². The van der Waals surface area contributed by atoms with Gasteiger partial charge in [-0.15, -0.1) is 0 Å². The molecule has 2 atom stereocenters. The summed E-state index contributed by atoms with van der Waals surface area (Å²) in [6, 6.07) is 3.52. The van der Waals surface area contributed by atoms with Gasteiger partial charge in [0.2, 0.25) is 0 Å². The largest absolute Gasteiger partial charge is 0.508 e. The van der Waals surface area contributed by atoms with Gasteiger partial charge in [0.15, 0.2) is 0 Å². The fourth-order valence-electron chi connectivity index (χ4n) is 3.22. The number of benzene rings is 1. The van der Waals surface area contributed by atoms with Gasteiger partial charge in [0.1, 0.15) is 23.7 Å². The molecule has 0 radical (unpaired) electrons. The quantitative estimate of drug-likeness (QED) is 0.843. The van der Waals surface area contributed by atoms with Gasteiger partial charge >= 0.3 is 0 Å². The van der Waals surface area contributed by atoms with Crippen LogP contribution in [-0.4, -0.2) is 18.8 Å². The second kappa shape index (κ2) is 4.42. The monoisotopic (exact) mass is 258 g/mol. The highest BCUT2D eigenvalue weighted by Crippen LogP contribution is 2.55. The molecule has 0 spiro atoms. The molecule has 3 heteroatoms. The zero-order valence-electron chi connectivity index (χ0n) is 11.1. The molecule has 1 aromatic carbocycles. The van der Waals surface area contributed by atoms with Gasteiger partial charge < -0.3 is 14.6 Å². The molecule has 1 N–H and O–H groups in total. The average molecular weight is 258 g/mol. The van der Waals surface area contributed by atoms with Crippen LogP contribution < -0.4 is 4.74 Å². The molecule has 2 bridgehead atoms. The maximum absolute atomic E-state index is 10.2. The first kappa shape index (κ1) is 12.3. The molecule has 0 fully saturated rings. The van der Waals surface area contributed by atoms with E-state index in [0.29, 0.717) is 12.5 Å². The molecule has 0 saturated heterocycles. The van der Waals surface area contributed by atoms with Crippen molar-refractivity contribution in [2.45, 2.75) is 24.4 Å². The molecular formula is C16H18O3. The van der Waals surface area contributed by atoms with E-state index in [0.717, 1.165) is 29.7 Å². The minimum Gasteiger partial charge on any atom is -0.508 e. The van der Waals surface area contributed by atoms with E-state index in [1.54, 1.807) is 19.3 Å². The maximum atomic E-state index is 10.2. The minimum absolute atomic E-state index is 0.289. The molecule has 3 aliphatic carbocycles. The van der Waals surface area contributed by atoms with Crippen LogP contribution in [0, 0.1) is 0 Å². The van der Waals surface area contributed by atoms with Crippen molar-refractivity contribution in [2.75, 3.05) is 13.7 Å². The Morgan fingerprint density at radius 2 is 2.37 bits per heavy atom. The molecule has 1 aromatic rings. The lowest BCUT2D eigenvalue weighted by Gasteiger charge is -2.43. The molecule has 19 heavy (non-hydrogen) atoms. The van der Waals surface area contributed by atoms with Crippen LogP contribution in [0.25, 0.3) is 0 Å². The smallest absolute Gasteiger partial charge is 0.124 e. The van der Waals surface area contributed by atoms with Crippen molar-refractivity contribution in [2.24, 2.45) is 0 Å². The van der Waals surface area contributed by atoms with Crippen molar-refractivity contribution in [3.05, 3.63) is 48.1 Å². The Balaban J connectivity index is 2.17. The lowest BCUT2D eigenvalue weighted by Crippen LogP contribution is -2.36. The summed E-state index contributed by atoms with van der Waals surface area (Å²) in [6.07, 6.45) is 7.87. The molecule has 0 amide bonds.